The standard InChI is InChI=1S/C18H21ClN4.HI/c19-17-9-8-13(12-22-17)10-11-21-18(20)23-16-7-3-5-14-4-1-2-6-15(14)16;/h3,5,7-9,12H,1-2,4,6,10-11H2,(H3,20,21,23);1H. The molecule has 0 saturated carbocycles. The summed E-state index contributed by atoms with van der Waals surface area (Å²) in [7, 11) is 0. The van der Waals surface area contributed by atoms with E-state index in [1.165, 1.54) is 24.0 Å². The summed E-state index contributed by atoms with van der Waals surface area (Å²) >= 11 is 5.78. The number of nitrogens with two attached hydrogens (primary N) is 1. The predicted molar refractivity (Wildman–Crippen MR) is 112 cm³/mol. The molecule has 6 heteroatoms. The topological polar surface area (TPSA) is 63.3 Å². The van der Waals surface area contributed by atoms with Crippen molar-refractivity contribution < 1.29 is 0 Å². The number of fused-ring (bicyclic) bond motifs is 1. The van der Waals surface area contributed by atoms with Crippen molar-refractivity contribution in [2.24, 2.45) is 10.7 Å². The van der Waals surface area contributed by atoms with Crippen molar-refractivity contribution in [1.29, 1.82) is 0 Å². The third-order valence-corrected chi connectivity index (χ3v) is 4.35. The van der Waals surface area contributed by atoms with Crippen molar-refractivity contribution in [3.05, 3.63) is 58.4 Å². The molecule has 4 nitrogen and oxygen atoms in total. The van der Waals surface area contributed by atoms with E-state index >= 15 is 0 Å². The number of aliphatic imine (C=N–C) groups is 1. The minimum Gasteiger partial charge on any atom is -0.370 e. The molecule has 0 saturated heterocycles. The first-order chi connectivity index (χ1) is 11.2. The highest BCUT2D eigenvalue weighted by Crippen LogP contribution is 2.27. The SMILES string of the molecule is I.NC(=NCCc1ccc(Cl)nc1)Nc1cccc2c1CCCC2. The number of hydrogen-bond donors (Lipinski definition) is 2. The minimum atomic E-state index is 0. The molecular formula is C18H22ClIN4. The second-order valence-corrected chi connectivity index (χ2v) is 6.17. The van der Waals surface area contributed by atoms with Gasteiger partial charge >= 0.3 is 0 Å². The largest absolute Gasteiger partial charge is 0.370 e. The van der Waals surface area contributed by atoms with Gasteiger partial charge in [-0.25, -0.2) is 4.98 Å². The molecule has 0 bridgehead atoms. The third-order valence-electron chi connectivity index (χ3n) is 4.13. The highest BCUT2D eigenvalue weighted by Gasteiger charge is 2.12. The average molecular weight is 457 g/mol. The van der Waals surface area contributed by atoms with Gasteiger partial charge in [-0.2, -0.15) is 0 Å². The molecule has 3 N–H and O–H groups in total. The Morgan fingerprint density at radius 1 is 1.21 bits per heavy atom. The van der Waals surface area contributed by atoms with Crippen LogP contribution in [0.15, 0.2) is 41.5 Å². The molecule has 0 amide bonds. The van der Waals surface area contributed by atoms with Gasteiger partial charge in [-0.1, -0.05) is 29.8 Å². The van der Waals surface area contributed by atoms with Crippen molar-refractivity contribution in [3.63, 3.8) is 0 Å². The molecule has 128 valence electrons. The lowest BCUT2D eigenvalue weighted by Crippen LogP contribution is -2.24. The Hall–Kier alpha value is -1.34. The molecule has 0 radical (unpaired) electrons. The van der Waals surface area contributed by atoms with Crippen LogP contribution in [0.4, 0.5) is 5.69 Å². The van der Waals surface area contributed by atoms with E-state index in [1.54, 1.807) is 12.3 Å². The molecule has 0 fully saturated rings. The summed E-state index contributed by atoms with van der Waals surface area (Å²) < 4.78 is 0. The number of nitrogens with one attached hydrogen (secondary N) is 1. The molecule has 0 unspecified atom stereocenters. The number of halogens is 2. The number of aryl methyl sites for hydroxylation is 1. The van der Waals surface area contributed by atoms with Gasteiger partial charge in [-0.05, 0) is 60.9 Å². The van der Waals surface area contributed by atoms with Crippen molar-refractivity contribution >= 4 is 47.2 Å². The highest BCUT2D eigenvalue weighted by atomic mass is 127. The van der Waals surface area contributed by atoms with E-state index in [-0.39, 0.29) is 24.0 Å². The van der Waals surface area contributed by atoms with Gasteiger partial charge in [0.05, 0.1) is 0 Å². The van der Waals surface area contributed by atoms with Crippen LogP contribution in [0.3, 0.4) is 0 Å². The Morgan fingerprint density at radius 3 is 2.83 bits per heavy atom. The molecule has 1 heterocycles. The van der Waals surface area contributed by atoms with Gasteiger partial charge in [0.25, 0.3) is 0 Å². The maximum Gasteiger partial charge on any atom is 0.193 e. The highest BCUT2D eigenvalue weighted by molar-refractivity contribution is 14.0. The average Bonchev–Trinajstić information content (AvgIpc) is 2.57. The fourth-order valence-corrected chi connectivity index (χ4v) is 3.05. The molecule has 0 aliphatic heterocycles. The van der Waals surface area contributed by atoms with Crippen LogP contribution in [0, 0.1) is 0 Å². The summed E-state index contributed by atoms with van der Waals surface area (Å²) in [5.74, 6) is 0.464. The number of rotatable bonds is 4. The number of anilines is 1. The van der Waals surface area contributed by atoms with E-state index in [9.17, 15) is 0 Å². The first-order valence-corrected chi connectivity index (χ1v) is 8.38. The number of pyridine rings is 1. The lowest BCUT2D eigenvalue weighted by Gasteiger charge is -2.19. The molecular weight excluding hydrogens is 435 g/mol. The molecule has 1 aromatic heterocycles. The van der Waals surface area contributed by atoms with E-state index in [0.29, 0.717) is 17.7 Å². The minimum absolute atomic E-state index is 0. The normalized spacial score (nSPS) is 13.8. The zero-order chi connectivity index (χ0) is 16.1. The number of benzene rings is 1. The maximum absolute atomic E-state index is 6.03. The molecule has 1 aromatic carbocycles. The molecule has 3 rings (SSSR count). The van der Waals surface area contributed by atoms with Gasteiger partial charge in [-0.3, -0.25) is 4.99 Å². The Labute approximate surface area is 164 Å². The van der Waals surface area contributed by atoms with Crippen LogP contribution in [0.1, 0.15) is 29.5 Å². The Kier molecular flexibility index (Phi) is 7.30. The molecule has 0 spiro atoms. The Morgan fingerprint density at radius 2 is 2.04 bits per heavy atom. The predicted octanol–water partition coefficient (Wildman–Crippen LogP) is 4.20. The summed E-state index contributed by atoms with van der Waals surface area (Å²) in [5, 5.41) is 3.76. The van der Waals surface area contributed by atoms with Crippen LogP contribution in [0.5, 0.6) is 0 Å². The zero-order valence-electron chi connectivity index (χ0n) is 13.5. The lowest BCUT2D eigenvalue weighted by atomic mass is 9.90. The zero-order valence-corrected chi connectivity index (χ0v) is 16.6. The van der Waals surface area contributed by atoms with Crippen molar-refractivity contribution in [2.45, 2.75) is 32.1 Å². The Bertz CT molecular complexity index is 701. The van der Waals surface area contributed by atoms with Crippen LogP contribution in [0.2, 0.25) is 5.15 Å². The Balaban J connectivity index is 0.00000208. The fourth-order valence-electron chi connectivity index (χ4n) is 2.94. The van der Waals surface area contributed by atoms with Crippen LogP contribution in [0.25, 0.3) is 0 Å². The molecule has 1 aliphatic rings. The fraction of sp³-hybridized carbons (Fsp3) is 0.333. The molecule has 2 aromatic rings. The van der Waals surface area contributed by atoms with Gasteiger partial charge in [0, 0.05) is 18.4 Å². The van der Waals surface area contributed by atoms with E-state index in [1.807, 2.05) is 6.07 Å². The van der Waals surface area contributed by atoms with Crippen LogP contribution in [-0.4, -0.2) is 17.5 Å². The second-order valence-electron chi connectivity index (χ2n) is 5.78. The third kappa shape index (κ3) is 5.08. The maximum atomic E-state index is 6.03. The molecule has 0 atom stereocenters. The van der Waals surface area contributed by atoms with Gasteiger partial charge in [0.1, 0.15) is 5.15 Å². The summed E-state index contributed by atoms with van der Waals surface area (Å²) in [6, 6.07) is 10.1. The van der Waals surface area contributed by atoms with E-state index in [0.717, 1.165) is 30.5 Å². The van der Waals surface area contributed by atoms with E-state index in [2.05, 4.69) is 33.5 Å². The first-order valence-electron chi connectivity index (χ1n) is 8.00. The van der Waals surface area contributed by atoms with Gasteiger partial charge < -0.3 is 11.1 Å². The second kappa shape index (κ2) is 9.22. The monoisotopic (exact) mass is 456 g/mol. The molecule has 1 aliphatic carbocycles. The van der Waals surface area contributed by atoms with Crippen LogP contribution >= 0.6 is 35.6 Å². The van der Waals surface area contributed by atoms with Crippen molar-refractivity contribution in [2.75, 3.05) is 11.9 Å². The summed E-state index contributed by atoms with van der Waals surface area (Å²) in [6.07, 6.45) is 7.35. The first kappa shape index (κ1) is 19.0. The lowest BCUT2D eigenvalue weighted by molar-refractivity contribution is 0.687. The molecule has 24 heavy (non-hydrogen) atoms. The summed E-state index contributed by atoms with van der Waals surface area (Å²) in [6.45, 7) is 0.622. The van der Waals surface area contributed by atoms with Crippen molar-refractivity contribution in [3.8, 4) is 0 Å². The van der Waals surface area contributed by atoms with Crippen LogP contribution in [-0.2, 0) is 19.3 Å². The number of nitrogens with zero attached hydrogens (tertiary/aromatic N) is 2. The van der Waals surface area contributed by atoms with Gasteiger partial charge in [-0.15, -0.1) is 24.0 Å². The number of hydrogen-bond acceptors (Lipinski definition) is 2. The smallest absolute Gasteiger partial charge is 0.193 e. The van der Waals surface area contributed by atoms with Gasteiger partial charge in [0.2, 0.25) is 0 Å². The van der Waals surface area contributed by atoms with Crippen molar-refractivity contribution in [1.82, 2.24) is 4.98 Å². The number of aromatic nitrogens is 1. The quantitative estimate of drug-likeness (QED) is 0.314. The van der Waals surface area contributed by atoms with E-state index in [4.69, 9.17) is 17.3 Å². The number of guanidine groups is 1. The summed E-state index contributed by atoms with van der Waals surface area (Å²) in [5.41, 5.74) is 11.0. The van der Waals surface area contributed by atoms with Crippen LogP contribution < -0.4 is 11.1 Å². The van der Waals surface area contributed by atoms with Gasteiger partial charge in [0.15, 0.2) is 5.96 Å². The van der Waals surface area contributed by atoms with E-state index < -0.39 is 0 Å². The summed E-state index contributed by atoms with van der Waals surface area (Å²) in [4.78, 5) is 8.47.